The molecule has 1 aromatic heterocycles. The van der Waals surface area contributed by atoms with Crippen LogP contribution in [0.4, 0.5) is 14.6 Å². The lowest BCUT2D eigenvalue weighted by atomic mass is 9.95. The summed E-state index contributed by atoms with van der Waals surface area (Å²) in [6.07, 6.45) is 5.44. The molecule has 46 heavy (non-hydrogen) atoms. The van der Waals surface area contributed by atoms with Gasteiger partial charge in [-0.3, -0.25) is 9.69 Å². The summed E-state index contributed by atoms with van der Waals surface area (Å²) in [5, 5.41) is 1.87. The molecule has 0 unspecified atom stereocenters. The number of nitrogens with zero attached hydrogens (tertiary/aromatic N) is 6. The third-order valence-electron chi connectivity index (χ3n) is 9.79. The van der Waals surface area contributed by atoms with Crippen molar-refractivity contribution < 1.29 is 18.3 Å². The van der Waals surface area contributed by atoms with Crippen molar-refractivity contribution >= 4 is 45.0 Å². The summed E-state index contributed by atoms with van der Waals surface area (Å²) < 4.78 is 39.3. The second kappa shape index (κ2) is 12.1. The smallest absolute Gasteiger partial charge is 0.319 e. The van der Waals surface area contributed by atoms with Crippen LogP contribution in [0.25, 0.3) is 37.6 Å². The van der Waals surface area contributed by atoms with Crippen LogP contribution in [0.1, 0.15) is 25.7 Å². The lowest BCUT2D eigenvalue weighted by Gasteiger charge is -2.39. The highest BCUT2D eigenvalue weighted by Crippen LogP contribution is 2.42. The lowest BCUT2D eigenvalue weighted by Crippen LogP contribution is -2.56. The van der Waals surface area contributed by atoms with E-state index < -0.39 is 17.7 Å². The zero-order valence-electron chi connectivity index (χ0n) is 25.3. The van der Waals surface area contributed by atoms with Gasteiger partial charge in [0.1, 0.15) is 29.8 Å². The molecule has 4 heterocycles. The van der Waals surface area contributed by atoms with E-state index in [4.69, 9.17) is 27.9 Å². The Hall–Kier alpha value is -4.33. The average Bonchev–Trinajstić information content (AvgIpc) is 3.64. The van der Waals surface area contributed by atoms with E-state index in [-0.39, 0.29) is 47.0 Å². The predicted octanol–water partition coefficient (Wildman–Crippen LogP) is 6.51. The number of amides is 1. The molecule has 1 amide bonds. The molecule has 0 saturated carbocycles. The molecule has 0 radical (unpaired) electrons. The quantitative estimate of drug-likeness (QED) is 0.169. The van der Waals surface area contributed by atoms with Gasteiger partial charge in [-0.05, 0) is 67.9 Å². The van der Waals surface area contributed by atoms with Gasteiger partial charge in [0, 0.05) is 35.4 Å². The van der Waals surface area contributed by atoms with Crippen LogP contribution in [0.3, 0.4) is 0 Å². The van der Waals surface area contributed by atoms with Gasteiger partial charge < -0.3 is 19.4 Å². The molecule has 236 valence electrons. The standard InChI is InChI=1S/C35H33ClF2N6O2/c1-3-28(45)44-17-16-42(20-23(44)19-39-2)33-25-18-27(37)30(24-10-4-8-22-9-5-11-26(36)29(22)24)31(38)32(25)40-34(41-33)46-21-35-12-6-14-43(35)15-7-13-35/h3-5,8-11,18,23H,1,6-7,12-17,19-21H2/t23-/m0/s1. The normalized spacial score (nSPS) is 19.4. The van der Waals surface area contributed by atoms with Gasteiger partial charge in [0.25, 0.3) is 0 Å². The Morgan fingerprint density at radius 3 is 2.63 bits per heavy atom. The number of benzene rings is 3. The molecule has 3 fully saturated rings. The van der Waals surface area contributed by atoms with Crippen molar-refractivity contribution in [2.75, 3.05) is 50.8 Å². The van der Waals surface area contributed by atoms with E-state index in [0.717, 1.165) is 44.2 Å². The number of ether oxygens (including phenoxy) is 1. The topological polar surface area (TPSA) is 66.2 Å². The molecule has 0 aliphatic carbocycles. The molecule has 3 saturated heterocycles. The van der Waals surface area contributed by atoms with E-state index >= 15 is 8.78 Å². The van der Waals surface area contributed by atoms with Gasteiger partial charge >= 0.3 is 6.01 Å². The first-order valence-electron chi connectivity index (χ1n) is 15.6. The third kappa shape index (κ3) is 5.12. The number of fused-ring (bicyclic) bond motifs is 3. The van der Waals surface area contributed by atoms with Gasteiger partial charge in [-0.1, -0.05) is 48.5 Å². The van der Waals surface area contributed by atoms with E-state index in [1.54, 1.807) is 29.2 Å². The number of hydrogen-bond acceptors (Lipinski definition) is 6. The first-order valence-corrected chi connectivity index (χ1v) is 16.0. The Kier molecular flexibility index (Phi) is 7.99. The fourth-order valence-corrected chi connectivity index (χ4v) is 7.88. The number of aromatic nitrogens is 2. The van der Waals surface area contributed by atoms with Crippen LogP contribution in [0.2, 0.25) is 5.02 Å². The van der Waals surface area contributed by atoms with Gasteiger partial charge in [-0.2, -0.15) is 9.97 Å². The Labute approximate surface area is 271 Å². The number of rotatable bonds is 7. The van der Waals surface area contributed by atoms with Gasteiger partial charge in [0.15, 0.2) is 5.82 Å². The van der Waals surface area contributed by atoms with E-state index in [2.05, 4.69) is 21.3 Å². The second-order valence-corrected chi connectivity index (χ2v) is 12.7. The van der Waals surface area contributed by atoms with E-state index in [1.807, 2.05) is 17.0 Å². The first-order chi connectivity index (χ1) is 22.3. The van der Waals surface area contributed by atoms with Gasteiger partial charge in [0.2, 0.25) is 12.5 Å². The fraction of sp³-hybridized carbons (Fsp3) is 0.371. The van der Waals surface area contributed by atoms with E-state index in [1.165, 1.54) is 12.1 Å². The Morgan fingerprint density at radius 2 is 1.89 bits per heavy atom. The Bertz CT molecular complexity index is 1900. The molecule has 3 aliphatic rings. The number of anilines is 1. The Balaban J connectivity index is 1.36. The lowest BCUT2D eigenvalue weighted by molar-refractivity contribution is -0.128. The van der Waals surface area contributed by atoms with Crippen molar-refractivity contribution in [1.82, 2.24) is 19.8 Å². The minimum absolute atomic E-state index is 0.00867. The zero-order valence-corrected chi connectivity index (χ0v) is 26.1. The summed E-state index contributed by atoms with van der Waals surface area (Å²) in [6, 6.07) is 11.4. The molecular weight excluding hydrogens is 610 g/mol. The second-order valence-electron chi connectivity index (χ2n) is 12.3. The molecular formula is C35H33ClF2N6O2. The van der Waals surface area contributed by atoms with Crippen LogP contribution in [-0.2, 0) is 4.79 Å². The molecule has 0 N–H and O–H groups in total. The summed E-state index contributed by atoms with van der Waals surface area (Å²) >= 11 is 6.56. The SMILES string of the molecule is [C-]#[N+]C[C@H]1CN(c2nc(OCC34CCCN3CCC4)nc3c(F)c(-c4cccc5cccc(Cl)c45)c(F)cc23)CCN1C(=O)C=C. The van der Waals surface area contributed by atoms with Crippen molar-refractivity contribution in [1.29, 1.82) is 0 Å². The van der Waals surface area contributed by atoms with Crippen LogP contribution >= 0.6 is 11.6 Å². The van der Waals surface area contributed by atoms with Crippen molar-refractivity contribution in [3.63, 3.8) is 0 Å². The first kappa shape index (κ1) is 30.3. The van der Waals surface area contributed by atoms with Crippen molar-refractivity contribution in [3.05, 3.63) is 83.2 Å². The fourth-order valence-electron chi connectivity index (χ4n) is 7.59. The maximum absolute atomic E-state index is 16.8. The molecule has 1 atom stereocenters. The number of halogens is 3. The monoisotopic (exact) mass is 642 g/mol. The van der Waals surface area contributed by atoms with E-state index in [0.29, 0.717) is 41.5 Å². The molecule has 3 aliphatic heterocycles. The van der Waals surface area contributed by atoms with Crippen LogP contribution in [0.15, 0.2) is 55.1 Å². The predicted molar refractivity (Wildman–Crippen MR) is 175 cm³/mol. The molecule has 7 rings (SSSR count). The highest BCUT2D eigenvalue weighted by atomic mass is 35.5. The number of carbonyl (C=O) groups excluding carboxylic acids is 1. The molecule has 0 spiro atoms. The molecule has 3 aromatic carbocycles. The molecule has 4 aromatic rings. The summed E-state index contributed by atoms with van der Waals surface area (Å²) in [4.78, 5) is 31.4. The number of carbonyl (C=O) groups is 1. The zero-order chi connectivity index (χ0) is 32.0. The van der Waals surface area contributed by atoms with Crippen molar-refractivity contribution in [3.8, 4) is 17.1 Å². The maximum Gasteiger partial charge on any atom is 0.319 e. The number of piperazine rings is 1. The van der Waals surface area contributed by atoms with Gasteiger partial charge in [0.05, 0.1) is 11.1 Å². The van der Waals surface area contributed by atoms with Crippen LogP contribution in [-0.4, -0.2) is 83.1 Å². The van der Waals surface area contributed by atoms with Crippen LogP contribution in [0, 0.1) is 18.2 Å². The summed E-state index contributed by atoms with van der Waals surface area (Å²) in [6.45, 7) is 14.4. The third-order valence-corrected chi connectivity index (χ3v) is 10.1. The summed E-state index contributed by atoms with van der Waals surface area (Å²) in [5.41, 5.74) is -0.0746. The molecule has 0 bridgehead atoms. The highest BCUT2D eigenvalue weighted by Gasteiger charge is 2.45. The van der Waals surface area contributed by atoms with E-state index in [9.17, 15) is 4.79 Å². The summed E-state index contributed by atoms with van der Waals surface area (Å²) in [5.74, 6) is -1.58. The minimum Gasteiger partial charge on any atom is -0.461 e. The minimum atomic E-state index is -0.837. The average molecular weight is 643 g/mol. The highest BCUT2D eigenvalue weighted by molar-refractivity contribution is 6.36. The van der Waals surface area contributed by atoms with Crippen molar-refractivity contribution in [2.45, 2.75) is 37.3 Å². The molecule has 11 heteroatoms. The maximum atomic E-state index is 16.8. The van der Waals surface area contributed by atoms with Gasteiger partial charge in [-0.15, -0.1) is 0 Å². The van der Waals surface area contributed by atoms with Crippen LogP contribution in [0.5, 0.6) is 6.01 Å². The summed E-state index contributed by atoms with van der Waals surface area (Å²) in [7, 11) is 0. The molecule has 8 nitrogen and oxygen atoms in total. The van der Waals surface area contributed by atoms with Crippen molar-refractivity contribution in [2.24, 2.45) is 0 Å². The number of hydrogen-bond donors (Lipinski definition) is 0. The van der Waals surface area contributed by atoms with Crippen LogP contribution < -0.4 is 9.64 Å². The largest absolute Gasteiger partial charge is 0.461 e. The van der Waals surface area contributed by atoms with Gasteiger partial charge in [-0.25, -0.2) is 15.4 Å². The Morgan fingerprint density at radius 1 is 1.13 bits per heavy atom.